The molecule has 2 rings (SSSR count). The molecule has 0 amide bonds. The number of sulfonamides is 1. The van der Waals surface area contributed by atoms with E-state index in [4.69, 9.17) is 10.8 Å². The van der Waals surface area contributed by atoms with E-state index < -0.39 is 10.0 Å². The lowest BCUT2D eigenvalue weighted by atomic mass is 10.2. The van der Waals surface area contributed by atoms with Crippen LogP contribution in [0.15, 0.2) is 40.6 Å². The molecule has 0 atom stereocenters. The Morgan fingerprint density at radius 2 is 1.84 bits per heavy atom. The number of hydrogen-bond acceptors (Lipinski definition) is 5. The topological polar surface area (TPSA) is 92.4 Å². The van der Waals surface area contributed by atoms with Gasteiger partial charge in [0.25, 0.3) is 10.0 Å². The molecule has 0 saturated carbocycles. The third-order valence-corrected chi connectivity index (χ3v) is 5.47. The summed E-state index contributed by atoms with van der Waals surface area (Å²) < 4.78 is 26.9. The van der Waals surface area contributed by atoms with E-state index in [1.807, 2.05) is 0 Å². The van der Waals surface area contributed by atoms with E-state index in [0.717, 1.165) is 21.8 Å². The van der Waals surface area contributed by atoms with Gasteiger partial charge in [-0.25, -0.2) is 8.42 Å². The molecule has 1 aromatic heterocycles. The lowest BCUT2D eigenvalue weighted by molar-refractivity contribution is 0.282. The highest BCUT2D eigenvalue weighted by molar-refractivity contribution is 7.94. The molecule has 1 aromatic carbocycles. The molecule has 19 heavy (non-hydrogen) atoms. The molecule has 0 aliphatic carbocycles. The van der Waals surface area contributed by atoms with Crippen LogP contribution in [0.1, 0.15) is 10.4 Å². The van der Waals surface area contributed by atoms with Gasteiger partial charge in [-0.1, -0.05) is 12.1 Å². The smallest absolute Gasteiger partial charge is 0.271 e. The Morgan fingerprint density at radius 1 is 1.16 bits per heavy atom. The first-order valence-electron chi connectivity index (χ1n) is 5.56. The molecule has 1 heterocycles. The van der Waals surface area contributed by atoms with Crippen LogP contribution < -0.4 is 10.5 Å². The van der Waals surface area contributed by atoms with E-state index in [1.165, 1.54) is 6.07 Å². The number of aliphatic hydroxyl groups is 1. The number of rotatable bonds is 5. The van der Waals surface area contributed by atoms with E-state index in [9.17, 15) is 8.42 Å². The first kappa shape index (κ1) is 14.0. The summed E-state index contributed by atoms with van der Waals surface area (Å²) in [6.45, 7) is 0.253. The van der Waals surface area contributed by atoms with Gasteiger partial charge in [0.2, 0.25) is 0 Å². The van der Waals surface area contributed by atoms with Crippen LogP contribution in [0.5, 0.6) is 0 Å². The molecule has 5 nitrogen and oxygen atoms in total. The van der Waals surface area contributed by atoms with Crippen molar-refractivity contribution in [2.75, 3.05) is 4.72 Å². The maximum Gasteiger partial charge on any atom is 0.271 e. The fourth-order valence-electron chi connectivity index (χ4n) is 1.50. The van der Waals surface area contributed by atoms with Crippen LogP contribution in [0.4, 0.5) is 5.69 Å². The first-order valence-corrected chi connectivity index (χ1v) is 7.86. The van der Waals surface area contributed by atoms with Gasteiger partial charge in [0.1, 0.15) is 4.21 Å². The van der Waals surface area contributed by atoms with Crippen LogP contribution in [0, 0.1) is 0 Å². The lowest BCUT2D eigenvalue weighted by Crippen LogP contribution is -2.11. The zero-order chi connectivity index (χ0) is 13.9. The lowest BCUT2D eigenvalue weighted by Gasteiger charge is -2.06. The van der Waals surface area contributed by atoms with Crippen LogP contribution in [0.3, 0.4) is 0 Å². The minimum atomic E-state index is -3.57. The maximum absolute atomic E-state index is 12.1. The van der Waals surface area contributed by atoms with Gasteiger partial charge in [-0.2, -0.15) is 0 Å². The molecule has 0 spiro atoms. The summed E-state index contributed by atoms with van der Waals surface area (Å²) in [6, 6.07) is 9.79. The largest absolute Gasteiger partial charge is 0.392 e. The molecule has 102 valence electrons. The van der Waals surface area contributed by atoms with Crippen LogP contribution >= 0.6 is 11.3 Å². The highest BCUT2D eigenvalue weighted by Crippen LogP contribution is 2.23. The van der Waals surface area contributed by atoms with Crippen LogP contribution in [0.2, 0.25) is 0 Å². The second-order valence-electron chi connectivity index (χ2n) is 3.89. The number of hydrogen-bond donors (Lipinski definition) is 3. The number of thiophene rings is 1. The first-order chi connectivity index (χ1) is 9.05. The standard InChI is InChI=1S/C12H14N2O3S2/c13-7-11-5-6-12(18-11)19(16,17)14-10-3-1-9(8-15)2-4-10/h1-6,14-15H,7-8,13H2. The molecule has 7 heteroatoms. The molecule has 0 aliphatic rings. The van der Waals surface area contributed by atoms with Gasteiger partial charge in [-0.05, 0) is 29.8 Å². The number of benzene rings is 1. The van der Waals surface area contributed by atoms with E-state index >= 15 is 0 Å². The fraction of sp³-hybridized carbons (Fsp3) is 0.167. The third-order valence-electron chi connectivity index (χ3n) is 2.49. The quantitative estimate of drug-likeness (QED) is 0.780. The van der Waals surface area contributed by atoms with Crippen molar-refractivity contribution in [2.45, 2.75) is 17.4 Å². The Hall–Kier alpha value is -1.41. The summed E-state index contributed by atoms with van der Waals surface area (Å²) in [5.41, 5.74) is 6.65. The number of aliphatic hydroxyl groups excluding tert-OH is 1. The second kappa shape index (κ2) is 5.70. The molecule has 0 saturated heterocycles. The third kappa shape index (κ3) is 3.32. The molecule has 0 bridgehead atoms. The Bertz CT molecular complexity index is 648. The van der Waals surface area contributed by atoms with Gasteiger partial charge in [0.05, 0.1) is 6.61 Å². The minimum absolute atomic E-state index is 0.0716. The molecule has 0 unspecified atom stereocenters. The number of nitrogens with two attached hydrogens (primary N) is 1. The second-order valence-corrected chi connectivity index (χ2v) is 6.96. The summed E-state index contributed by atoms with van der Waals surface area (Å²) in [4.78, 5) is 0.816. The molecular weight excluding hydrogens is 284 g/mol. The van der Waals surface area contributed by atoms with Crippen molar-refractivity contribution < 1.29 is 13.5 Å². The fourth-order valence-corrected chi connectivity index (χ4v) is 3.79. The van der Waals surface area contributed by atoms with Crippen molar-refractivity contribution in [3.63, 3.8) is 0 Å². The molecule has 2 aromatic rings. The van der Waals surface area contributed by atoms with Gasteiger partial charge in [0.15, 0.2) is 0 Å². The summed E-state index contributed by atoms with van der Waals surface area (Å²) in [7, 11) is -3.57. The van der Waals surface area contributed by atoms with E-state index in [2.05, 4.69) is 4.72 Å². The Kier molecular flexibility index (Phi) is 4.20. The highest BCUT2D eigenvalue weighted by Gasteiger charge is 2.16. The summed E-state index contributed by atoms with van der Waals surface area (Å²) in [5.74, 6) is 0. The monoisotopic (exact) mass is 298 g/mol. The molecule has 0 aliphatic heterocycles. The minimum Gasteiger partial charge on any atom is -0.392 e. The Labute approximate surface area is 115 Å². The van der Waals surface area contributed by atoms with Crippen molar-refractivity contribution in [2.24, 2.45) is 5.73 Å². The predicted octanol–water partition coefficient (Wildman–Crippen LogP) is 1.50. The average Bonchev–Trinajstić information content (AvgIpc) is 2.89. The van der Waals surface area contributed by atoms with Gasteiger partial charge < -0.3 is 10.8 Å². The SMILES string of the molecule is NCc1ccc(S(=O)(=O)Nc2ccc(CO)cc2)s1. The van der Waals surface area contributed by atoms with Crippen molar-refractivity contribution >= 4 is 27.0 Å². The van der Waals surface area contributed by atoms with Crippen LogP contribution in [0.25, 0.3) is 0 Å². The van der Waals surface area contributed by atoms with Gasteiger partial charge in [0, 0.05) is 17.1 Å². The molecule has 0 fully saturated rings. The van der Waals surface area contributed by atoms with E-state index in [0.29, 0.717) is 12.2 Å². The van der Waals surface area contributed by atoms with E-state index in [1.54, 1.807) is 30.3 Å². The van der Waals surface area contributed by atoms with Gasteiger partial charge >= 0.3 is 0 Å². The number of nitrogens with one attached hydrogen (secondary N) is 1. The number of anilines is 1. The summed E-state index contributed by atoms with van der Waals surface area (Å²) in [5, 5.41) is 8.92. The van der Waals surface area contributed by atoms with Crippen molar-refractivity contribution in [3.05, 3.63) is 46.8 Å². The normalized spacial score (nSPS) is 11.5. The van der Waals surface area contributed by atoms with Crippen molar-refractivity contribution in [1.82, 2.24) is 0 Å². The Morgan fingerprint density at radius 3 is 2.37 bits per heavy atom. The summed E-state index contributed by atoms with van der Waals surface area (Å²) >= 11 is 1.15. The maximum atomic E-state index is 12.1. The van der Waals surface area contributed by atoms with Gasteiger partial charge in [-0.3, -0.25) is 4.72 Å². The van der Waals surface area contributed by atoms with Crippen LogP contribution in [-0.4, -0.2) is 13.5 Å². The zero-order valence-corrected chi connectivity index (χ0v) is 11.7. The van der Waals surface area contributed by atoms with Crippen LogP contribution in [-0.2, 0) is 23.2 Å². The summed E-state index contributed by atoms with van der Waals surface area (Å²) in [6.07, 6.45) is 0. The Balaban J connectivity index is 2.20. The molecule has 0 radical (unpaired) electrons. The zero-order valence-electron chi connectivity index (χ0n) is 10.0. The van der Waals surface area contributed by atoms with Gasteiger partial charge in [-0.15, -0.1) is 11.3 Å². The molecular formula is C12H14N2O3S2. The van der Waals surface area contributed by atoms with E-state index in [-0.39, 0.29) is 10.8 Å². The molecule has 4 N–H and O–H groups in total. The predicted molar refractivity (Wildman–Crippen MR) is 75.4 cm³/mol. The average molecular weight is 298 g/mol. The van der Waals surface area contributed by atoms with Crippen molar-refractivity contribution in [1.29, 1.82) is 0 Å². The highest BCUT2D eigenvalue weighted by atomic mass is 32.2. The van der Waals surface area contributed by atoms with Crippen molar-refractivity contribution in [3.8, 4) is 0 Å².